The molecule has 0 bridgehead atoms. The fourth-order valence-corrected chi connectivity index (χ4v) is 7.11. The Morgan fingerprint density at radius 1 is 1.02 bits per heavy atom. The van der Waals surface area contributed by atoms with Gasteiger partial charge in [-0.2, -0.15) is 0 Å². The SMILES string of the molecule is O=C(NCc1ccc(Cl)cc1)c1cn(CCN2CCOCC2)c2sc(CN3CCOC[C@@H]3C(O)c3ccccc3)cc2c1=O. The van der Waals surface area contributed by atoms with Crippen LogP contribution in [-0.4, -0.2) is 84.0 Å². The molecule has 2 atom stereocenters. The van der Waals surface area contributed by atoms with Crippen molar-refractivity contribution in [2.24, 2.45) is 0 Å². The average molecular weight is 637 g/mol. The summed E-state index contributed by atoms with van der Waals surface area (Å²) in [5.74, 6) is -0.404. The molecule has 6 rings (SSSR count). The number of hydrogen-bond acceptors (Lipinski definition) is 8. The molecule has 232 valence electrons. The minimum atomic E-state index is -0.699. The number of halogens is 1. The first-order chi connectivity index (χ1) is 21.5. The molecule has 2 aliphatic rings. The number of ether oxygens (including phenoxy) is 2. The number of carbonyl (C=O) groups excluding carboxylic acids is 1. The van der Waals surface area contributed by atoms with E-state index in [2.05, 4.69) is 15.1 Å². The molecule has 2 saturated heterocycles. The number of morpholine rings is 2. The summed E-state index contributed by atoms with van der Waals surface area (Å²) in [6, 6.07) is 18.6. The van der Waals surface area contributed by atoms with Gasteiger partial charge in [0.25, 0.3) is 5.91 Å². The van der Waals surface area contributed by atoms with Crippen molar-refractivity contribution in [2.75, 3.05) is 52.6 Å². The number of nitrogens with zero attached hydrogens (tertiary/aromatic N) is 3. The highest BCUT2D eigenvalue weighted by Crippen LogP contribution is 2.29. The predicted octanol–water partition coefficient (Wildman–Crippen LogP) is 3.91. The fourth-order valence-electron chi connectivity index (χ4n) is 5.80. The first-order valence-corrected chi connectivity index (χ1v) is 16.2. The summed E-state index contributed by atoms with van der Waals surface area (Å²) in [4.78, 5) is 33.5. The number of fused-ring (bicyclic) bond motifs is 1. The van der Waals surface area contributed by atoms with Gasteiger partial charge in [0, 0.05) is 61.9 Å². The first-order valence-electron chi connectivity index (χ1n) is 15.0. The summed E-state index contributed by atoms with van der Waals surface area (Å²) in [6.07, 6.45) is 1.01. The van der Waals surface area contributed by atoms with Crippen molar-refractivity contribution in [3.63, 3.8) is 0 Å². The van der Waals surface area contributed by atoms with E-state index in [4.69, 9.17) is 21.1 Å². The van der Waals surface area contributed by atoms with Gasteiger partial charge in [0.05, 0.1) is 44.0 Å². The topological polar surface area (TPSA) is 96.3 Å². The lowest BCUT2D eigenvalue weighted by Crippen LogP contribution is -2.48. The summed E-state index contributed by atoms with van der Waals surface area (Å²) >= 11 is 7.57. The first kappa shape index (κ1) is 30.9. The maximum atomic E-state index is 13.8. The summed E-state index contributed by atoms with van der Waals surface area (Å²) in [5, 5.41) is 15.3. The normalized spacial score (nSPS) is 18.8. The molecule has 0 aliphatic carbocycles. The Bertz CT molecular complexity index is 1620. The standard InChI is InChI=1S/C33H37ClN4O5S/c34-25-8-6-23(7-9-25)19-35-32(41)28-21-38(11-10-36-12-15-42-16-13-36)33-27(31(28)40)18-26(44-33)20-37-14-17-43-22-29(37)30(39)24-4-2-1-3-5-24/h1-9,18,21,29-30,39H,10-17,19-20,22H2,(H,35,41)/t29-,30?/m1/s1. The number of aromatic nitrogens is 1. The molecule has 1 unspecified atom stereocenters. The molecular formula is C33H37ClN4O5S. The quantitative estimate of drug-likeness (QED) is 0.273. The summed E-state index contributed by atoms with van der Waals surface area (Å²) in [7, 11) is 0. The average Bonchev–Trinajstić information content (AvgIpc) is 3.49. The van der Waals surface area contributed by atoms with Crippen molar-refractivity contribution in [2.45, 2.75) is 31.8 Å². The van der Waals surface area contributed by atoms with E-state index >= 15 is 0 Å². The van der Waals surface area contributed by atoms with Gasteiger partial charge < -0.3 is 24.5 Å². The molecule has 2 fully saturated rings. The van der Waals surface area contributed by atoms with Crippen LogP contribution in [0.25, 0.3) is 10.2 Å². The van der Waals surface area contributed by atoms with Crippen molar-refractivity contribution < 1.29 is 19.4 Å². The molecule has 0 spiro atoms. The van der Waals surface area contributed by atoms with Crippen molar-refractivity contribution in [3.8, 4) is 0 Å². The molecule has 4 heterocycles. The maximum Gasteiger partial charge on any atom is 0.257 e. The van der Waals surface area contributed by atoms with Crippen molar-refractivity contribution in [3.05, 3.63) is 104 Å². The van der Waals surface area contributed by atoms with Crippen LogP contribution in [0.15, 0.2) is 71.7 Å². The molecular weight excluding hydrogens is 600 g/mol. The van der Waals surface area contributed by atoms with Gasteiger partial charge in [-0.3, -0.25) is 19.4 Å². The minimum absolute atomic E-state index is 0.126. The van der Waals surface area contributed by atoms with E-state index in [1.165, 1.54) is 0 Å². The van der Waals surface area contributed by atoms with Gasteiger partial charge in [0.1, 0.15) is 10.4 Å². The zero-order chi connectivity index (χ0) is 30.5. The Balaban J connectivity index is 1.27. The number of amides is 1. The van der Waals surface area contributed by atoms with E-state index in [1.807, 2.05) is 53.1 Å². The van der Waals surface area contributed by atoms with Crippen LogP contribution in [0.1, 0.15) is 32.5 Å². The largest absolute Gasteiger partial charge is 0.387 e. The van der Waals surface area contributed by atoms with Crippen LogP contribution in [0.4, 0.5) is 0 Å². The Labute approximate surface area is 265 Å². The molecule has 0 saturated carbocycles. The molecule has 2 aliphatic heterocycles. The third kappa shape index (κ3) is 7.24. The van der Waals surface area contributed by atoms with Crippen LogP contribution in [0.5, 0.6) is 0 Å². The number of carbonyl (C=O) groups is 1. The van der Waals surface area contributed by atoms with E-state index in [0.717, 1.165) is 40.5 Å². The van der Waals surface area contributed by atoms with Gasteiger partial charge in [0.15, 0.2) is 0 Å². The number of aliphatic hydroxyl groups excluding tert-OH is 1. The highest BCUT2D eigenvalue weighted by molar-refractivity contribution is 7.18. The van der Waals surface area contributed by atoms with Crippen LogP contribution in [0.2, 0.25) is 5.02 Å². The third-order valence-corrected chi connectivity index (χ3v) is 9.72. The van der Waals surface area contributed by atoms with Crippen molar-refractivity contribution in [1.82, 2.24) is 19.7 Å². The molecule has 9 nitrogen and oxygen atoms in total. The predicted molar refractivity (Wildman–Crippen MR) is 172 cm³/mol. The monoisotopic (exact) mass is 636 g/mol. The number of rotatable bonds is 10. The van der Waals surface area contributed by atoms with E-state index in [9.17, 15) is 14.7 Å². The van der Waals surface area contributed by atoms with Crippen LogP contribution >= 0.6 is 22.9 Å². The van der Waals surface area contributed by atoms with Crippen molar-refractivity contribution in [1.29, 1.82) is 0 Å². The number of hydrogen-bond donors (Lipinski definition) is 2. The van der Waals surface area contributed by atoms with E-state index in [-0.39, 0.29) is 23.6 Å². The maximum absolute atomic E-state index is 13.8. The van der Waals surface area contributed by atoms with Gasteiger partial charge in [-0.1, -0.05) is 54.1 Å². The van der Waals surface area contributed by atoms with E-state index in [1.54, 1.807) is 29.7 Å². The highest BCUT2D eigenvalue weighted by Gasteiger charge is 2.31. The van der Waals surface area contributed by atoms with Crippen molar-refractivity contribution >= 4 is 39.1 Å². The Hall–Kier alpha value is -3.09. The van der Waals surface area contributed by atoms with E-state index < -0.39 is 12.0 Å². The molecule has 2 N–H and O–H groups in total. The zero-order valence-corrected chi connectivity index (χ0v) is 26.1. The molecule has 4 aromatic rings. The zero-order valence-electron chi connectivity index (χ0n) is 24.5. The molecule has 11 heteroatoms. The molecule has 0 radical (unpaired) electrons. The van der Waals surface area contributed by atoms with Gasteiger partial charge in [-0.25, -0.2) is 0 Å². The van der Waals surface area contributed by atoms with Crippen LogP contribution in [-0.2, 0) is 29.1 Å². The van der Waals surface area contributed by atoms with Gasteiger partial charge in [-0.15, -0.1) is 11.3 Å². The van der Waals surface area contributed by atoms with Gasteiger partial charge in [0.2, 0.25) is 5.43 Å². The van der Waals surface area contributed by atoms with E-state index in [0.29, 0.717) is 56.5 Å². The molecule has 2 aromatic heterocycles. The smallest absolute Gasteiger partial charge is 0.257 e. The second-order valence-electron chi connectivity index (χ2n) is 11.2. The summed E-state index contributed by atoms with van der Waals surface area (Å²) in [5.41, 5.74) is 1.59. The molecule has 2 aromatic carbocycles. The number of benzene rings is 2. The number of nitrogens with one attached hydrogen (secondary N) is 1. The summed E-state index contributed by atoms with van der Waals surface area (Å²) < 4.78 is 13.3. The van der Waals surface area contributed by atoms with Crippen LogP contribution < -0.4 is 10.7 Å². The molecule has 44 heavy (non-hydrogen) atoms. The third-order valence-electron chi connectivity index (χ3n) is 8.32. The second-order valence-corrected chi connectivity index (χ2v) is 12.8. The second kappa shape index (κ2) is 14.3. The van der Waals surface area contributed by atoms with Gasteiger partial charge in [-0.05, 0) is 29.3 Å². The number of pyridine rings is 1. The number of aliphatic hydroxyl groups is 1. The molecule has 1 amide bonds. The summed E-state index contributed by atoms with van der Waals surface area (Å²) in [6.45, 7) is 7.08. The fraction of sp³-hybridized carbons (Fsp3) is 0.394. The minimum Gasteiger partial charge on any atom is -0.387 e. The Kier molecular flexibility index (Phi) is 10.1. The van der Waals surface area contributed by atoms with Crippen LogP contribution in [0.3, 0.4) is 0 Å². The highest BCUT2D eigenvalue weighted by atomic mass is 35.5. The lowest BCUT2D eigenvalue weighted by atomic mass is 10.0. The lowest BCUT2D eigenvalue weighted by Gasteiger charge is -2.38. The Morgan fingerprint density at radius 2 is 1.77 bits per heavy atom. The van der Waals surface area contributed by atoms with Gasteiger partial charge >= 0.3 is 0 Å². The van der Waals surface area contributed by atoms with Crippen LogP contribution in [0, 0.1) is 0 Å². The number of thiophene rings is 1. The lowest BCUT2D eigenvalue weighted by molar-refractivity contribution is -0.0629. The Morgan fingerprint density at radius 3 is 2.55 bits per heavy atom.